The number of hydrogen-bond donors (Lipinski definition) is 0. The first-order valence-electron chi connectivity index (χ1n) is 7.16. The van der Waals surface area contributed by atoms with Crippen LogP contribution >= 0.6 is 11.3 Å². The monoisotopic (exact) mass is 282 g/mol. The minimum Gasteiger partial charge on any atom is -0.374 e. The molecule has 1 saturated carbocycles. The summed E-state index contributed by atoms with van der Waals surface area (Å²) in [5, 5.41) is 3.31. The van der Waals surface area contributed by atoms with E-state index >= 15 is 0 Å². The minimum atomic E-state index is 0.243. The number of aryl methyl sites for hydroxylation is 1. The summed E-state index contributed by atoms with van der Waals surface area (Å²) < 4.78 is 11.9. The lowest BCUT2D eigenvalue weighted by molar-refractivity contribution is -0.0498. The molecule has 2 bridgehead atoms. The lowest BCUT2D eigenvalue weighted by Gasteiger charge is -2.30. The van der Waals surface area contributed by atoms with Crippen molar-refractivity contribution in [1.82, 2.24) is 9.88 Å². The van der Waals surface area contributed by atoms with E-state index in [-0.39, 0.29) is 6.10 Å². The Kier molecular flexibility index (Phi) is 4.17. The molecule has 1 saturated heterocycles. The largest absolute Gasteiger partial charge is 0.374 e. The molecule has 19 heavy (non-hydrogen) atoms. The van der Waals surface area contributed by atoms with Crippen LogP contribution in [0.1, 0.15) is 30.5 Å². The third-order valence-electron chi connectivity index (χ3n) is 4.06. The van der Waals surface area contributed by atoms with Crippen molar-refractivity contribution in [3.63, 3.8) is 0 Å². The molecule has 0 N–H and O–H groups in total. The van der Waals surface area contributed by atoms with E-state index < -0.39 is 0 Å². The topological polar surface area (TPSA) is 34.6 Å². The molecule has 1 aromatic rings. The zero-order chi connectivity index (χ0) is 13.2. The Hall–Kier alpha value is -0.490. The number of ether oxygens (including phenoxy) is 2. The Bertz CT molecular complexity index is 423. The summed E-state index contributed by atoms with van der Waals surface area (Å²) >= 11 is 1.73. The predicted molar refractivity (Wildman–Crippen MR) is 75.4 cm³/mol. The van der Waals surface area contributed by atoms with Gasteiger partial charge in [-0.05, 0) is 26.7 Å². The Balaban J connectivity index is 1.73. The molecule has 0 aromatic carbocycles. The zero-order valence-electron chi connectivity index (χ0n) is 11.7. The van der Waals surface area contributed by atoms with Gasteiger partial charge >= 0.3 is 0 Å². The van der Waals surface area contributed by atoms with E-state index in [0.717, 1.165) is 37.7 Å². The second kappa shape index (κ2) is 5.87. The van der Waals surface area contributed by atoms with Crippen molar-refractivity contribution in [2.75, 3.05) is 19.8 Å². The van der Waals surface area contributed by atoms with E-state index in [1.54, 1.807) is 11.3 Å². The van der Waals surface area contributed by atoms with Gasteiger partial charge in [0.2, 0.25) is 0 Å². The Morgan fingerprint density at radius 1 is 1.53 bits per heavy atom. The van der Waals surface area contributed by atoms with Crippen molar-refractivity contribution in [2.24, 2.45) is 0 Å². The van der Waals surface area contributed by atoms with Gasteiger partial charge in [-0.25, -0.2) is 4.98 Å². The Labute approximate surface area is 118 Å². The van der Waals surface area contributed by atoms with Crippen molar-refractivity contribution >= 4 is 11.3 Å². The first kappa shape index (κ1) is 13.5. The molecular formula is C14H22N2O2S. The summed E-state index contributed by atoms with van der Waals surface area (Å²) in [6.07, 6.45) is 2.85. The smallest absolute Gasteiger partial charge is 0.0991 e. The number of hydrogen-bond acceptors (Lipinski definition) is 5. The zero-order valence-corrected chi connectivity index (χ0v) is 12.5. The average Bonchev–Trinajstić information content (AvgIpc) is 2.90. The fourth-order valence-corrected chi connectivity index (χ4v) is 3.87. The van der Waals surface area contributed by atoms with Gasteiger partial charge in [0.25, 0.3) is 0 Å². The van der Waals surface area contributed by atoms with Gasteiger partial charge in [-0.1, -0.05) is 0 Å². The molecule has 2 fully saturated rings. The highest BCUT2D eigenvalue weighted by Crippen LogP contribution is 2.32. The highest BCUT2D eigenvalue weighted by molar-refractivity contribution is 7.09. The first-order valence-corrected chi connectivity index (χ1v) is 8.04. The second-order valence-corrected chi connectivity index (χ2v) is 6.36. The maximum atomic E-state index is 5.95. The molecule has 1 aliphatic heterocycles. The second-order valence-electron chi connectivity index (χ2n) is 5.30. The van der Waals surface area contributed by atoms with Gasteiger partial charge < -0.3 is 9.47 Å². The number of thiazole rings is 1. The van der Waals surface area contributed by atoms with Crippen molar-refractivity contribution in [2.45, 2.75) is 51.5 Å². The summed E-state index contributed by atoms with van der Waals surface area (Å²) in [7, 11) is 0. The van der Waals surface area contributed by atoms with E-state index in [4.69, 9.17) is 9.47 Å². The minimum absolute atomic E-state index is 0.243. The van der Waals surface area contributed by atoms with Crippen LogP contribution in [0.2, 0.25) is 0 Å². The maximum absolute atomic E-state index is 5.95. The molecule has 0 amide bonds. The lowest BCUT2D eigenvalue weighted by Crippen LogP contribution is -2.42. The predicted octanol–water partition coefficient (Wildman–Crippen LogP) is 2.22. The standard InChI is InChI=1S/C14H22N2O2S/c1-3-17-14-12-4-5-13(14)18-7-6-16(12)8-11-9-19-10(2)15-11/h9,12-14H,3-8H2,1-2H3/t12-,13-,14+/m1/s1. The van der Waals surface area contributed by atoms with Gasteiger partial charge in [0, 0.05) is 31.1 Å². The van der Waals surface area contributed by atoms with Crippen LogP contribution in [0.4, 0.5) is 0 Å². The molecule has 2 heterocycles. The van der Waals surface area contributed by atoms with E-state index in [9.17, 15) is 0 Å². The van der Waals surface area contributed by atoms with Crippen LogP contribution in [0.5, 0.6) is 0 Å². The normalized spacial score (nSPS) is 31.6. The van der Waals surface area contributed by atoms with Gasteiger partial charge in [0.15, 0.2) is 0 Å². The molecule has 3 rings (SSSR count). The maximum Gasteiger partial charge on any atom is 0.0991 e. The van der Waals surface area contributed by atoms with Crippen molar-refractivity contribution < 1.29 is 9.47 Å². The van der Waals surface area contributed by atoms with Gasteiger partial charge in [-0.3, -0.25) is 4.90 Å². The van der Waals surface area contributed by atoms with E-state index in [0.29, 0.717) is 12.1 Å². The average molecular weight is 282 g/mol. The molecule has 5 heteroatoms. The molecule has 4 nitrogen and oxygen atoms in total. The van der Waals surface area contributed by atoms with Gasteiger partial charge in [-0.2, -0.15) is 0 Å². The van der Waals surface area contributed by atoms with Crippen LogP contribution in [0, 0.1) is 6.92 Å². The summed E-state index contributed by atoms with van der Waals surface area (Å²) in [5.74, 6) is 0. The molecule has 2 aliphatic rings. The molecule has 1 aromatic heterocycles. The number of nitrogens with zero attached hydrogens (tertiary/aromatic N) is 2. The van der Waals surface area contributed by atoms with Crippen molar-refractivity contribution in [3.8, 4) is 0 Å². The molecule has 1 aliphatic carbocycles. The fraction of sp³-hybridized carbons (Fsp3) is 0.786. The van der Waals surface area contributed by atoms with Gasteiger partial charge in [0.05, 0.1) is 29.5 Å². The van der Waals surface area contributed by atoms with E-state index in [1.807, 2.05) is 0 Å². The van der Waals surface area contributed by atoms with Gasteiger partial charge in [-0.15, -0.1) is 11.3 Å². The van der Waals surface area contributed by atoms with E-state index in [2.05, 4.69) is 29.1 Å². The molecule has 3 atom stereocenters. The van der Waals surface area contributed by atoms with Crippen LogP contribution in [-0.2, 0) is 16.0 Å². The summed E-state index contributed by atoms with van der Waals surface area (Å²) in [4.78, 5) is 7.09. The summed E-state index contributed by atoms with van der Waals surface area (Å²) in [6.45, 7) is 7.63. The van der Waals surface area contributed by atoms with Crippen LogP contribution in [-0.4, -0.2) is 47.9 Å². The van der Waals surface area contributed by atoms with Crippen LogP contribution in [0.25, 0.3) is 0 Å². The molecule has 0 unspecified atom stereocenters. The lowest BCUT2D eigenvalue weighted by atomic mass is 10.1. The third kappa shape index (κ3) is 2.84. The number of aromatic nitrogens is 1. The summed E-state index contributed by atoms with van der Waals surface area (Å²) in [6, 6.07) is 0.495. The Morgan fingerprint density at radius 3 is 3.16 bits per heavy atom. The summed E-state index contributed by atoms with van der Waals surface area (Å²) in [5.41, 5.74) is 1.18. The third-order valence-corrected chi connectivity index (χ3v) is 4.89. The number of rotatable bonds is 4. The Morgan fingerprint density at radius 2 is 2.42 bits per heavy atom. The van der Waals surface area contributed by atoms with Crippen LogP contribution in [0.15, 0.2) is 5.38 Å². The SMILES string of the molecule is CCO[C@H]1[C@H]2CC[C@H]1OCCN2Cc1csc(C)n1. The quantitative estimate of drug-likeness (QED) is 0.848. The van der Waals surface area contributed by atoms with Crippen molar-refractivity contribution in [3.05, 3.63) is 16.1 Å². The van der Waals surface area contributed by atoms with Gasteiger partial charge in [0.1, 0.15) is 0 Å². The number of fused-ring (bicyclic) bond motifs is 2. The molecule has 106 valence electrons. The van der Waals surface area contributed by atoms with Crippen molar-refractivity contribution in [1.29, 1.82) is 0 Å². The molecule has 0 spiro atoms. The highest BCUT2D eigenvalue weighted by Gasteiger charge is 2.42. The fourth-order valence-electron chi connectivity index (χ4n) is 3.26. The van der Waals surface area contributed by atoms with Crippen LogP contribution < -0.4 is 0 Å². The molecular weight excluding hydrogens is 260 g/mol. The first-order chi connectivity index (χ1) is 9.28. The highest BCUT2D eigenvalue weighted by atomic mass is 32.1. The van der Waals surface area contributed by atoms with E-state index in [1.165, 1.54) is 12.1 Å². The molecule has 0 radical (unpaired) electrons. The van der Waals surface area contributed by atoms with Crippen LogP contribution in [0.3, 0.4) is 0 Å².